The third kappa shape index (κ3) is 13.4. The maximum atomic E-state index is 12.3. The molecule has 4 heterocycles. The van der Waals surface area contributed by atoms with Crippen molar-refractivity contribution in [3.8, 4) is 0 Å². The van der Waals surface area contributed by atoms with Crippen LogP contribution in [0, 0.1) is 41.3 Å². The Bertz CT molecular complexity index is 2160. The van der Waals surface area contributed by atoms with Crippen molar-refractivity contribution in [2.45, 2.75) is 61.2 Å². The summed E-state index contributed by atoms with van der Waals surface area (Å²) in [6.07, 6.45) is 19.0. The summed E-state index contributed by atoms with van der Waals surface area (Å²) >= 11 is 11.7. The molecule has 0 spiro atoms. The summed E-state index contributed by atoms with van der Waals surface area (Å²) in [5, 5.41) is 4.59. The quantitative estimate of drug-likeness (QED) is 0.135. The van der Waals surface area contributed by atoms with Crippen LogP contribution in [-0.2, 0) is 19.7 Å². The van der Waals surface area contributed by atoms with Gasteiger partial charge in [0.1, 0.15) is 5.82 Å². The fourth-order valence-corrected chi connectivity index (χ4v) is 9.93. The van der Waals surface area contributed by atoms with Gasteiger partial charge < -0.3 is 20.9 Å². The number of rotatable bonds is 12. The van der Waals surface area contributed by atoms with E-state index in [9.17, 15) is 21.2 Å². The molecule has 8 rings (SSSR count). The molecule has 0 bridgehead atoms. The SMILES string of the molecule is CS(=O)(=O)c1ccc(F)cc1.CS(=O)(=O)c1ccc(NCCC2CC2C2CCN(c3ncc(Cl)cn3)CC2)cc1.NCCC1CC1C1CCN(c2ncc(Cl)cn2)CC1. The van der Waals surface area contributed by atoms with Crippen LogP contribution in [0.4, 0.5) is 22.0 Å². The second-order valence-electron chi connectivity index (χ2n) is 16.2. The maximum Gasteiger partial charge on any atom is 0.225 e. The lowest BCUT2D eigenvalue weighted by molar-refractivity contribution is 0.342. The molecule has 4 fully saturated rings. The zero-order chi connectivity index (χ0) is 42.2. The lowest BCUT2D eigenvalue weighted by atomic mass is 9.90. The number of nitrogens with zero attached hydrogens (tertiary/aromatic N) is 6. The molecular formula is C42H55Cl2FN8O4S2. The van der Waals surface area contributed by atoms with Crippen LogP contribution < -0.4 is 20.9 Å². The van der Waals surface area contributed by atoms with Crippen LogP contribution in [0.5, 0.6) is 0 Å². The van der Waals surface area contributed by atoms with E-state index in [1.807, 2.05) is 12.1 Å². The molecule has 0 radical (unpaired) electrons. The molecule has 2 saturated heterocycles. The van der Waals surface area contributed by atoms with Crippen molar-refractivity contribution < 1.29 is 21.2 Å². The van der Waals surface area contributed by atoms with Crippen molar-refractivity contribution in [3.05, 3.63) is 89.2 Å². The van der Waals surface area contributed by atoms with E-state index in [1.54, 1.807) is 36.9 Å². The number of anilines is 3. The van der Waals surface area contributed by atoms with Gasteiger partial charge >= 0.3 is 0 Å². The molecular weight excluding hydrogens is 835 g/mol. The molecule has 3 N–H and O–H groups in total. The van der Waals surface area contributed by atoms with Crippen LogP contribution >= 0.6 is 23.2 Å². The number of nitrogens with one attached hydrogen (secondary N) is 1. The normalized spacial score (nSPS) is 22.1. The van der Waals surface area contributed by atoms with E-state index in [2.05, 4.69) is 35.1 Å². The molecule has 320 valence electrons. The van der Waals surface area contributed by atoms with Crippen molar-refractivity contribution in [2.75, 3.05) is 66.9 Å². The van der Waals surface area contributed by atoms with Crippen molar-refractivity contribution in [2.24, 2.45) is 41.2 Å². The summed E-state index contributed by atoms with van der Waals surface area (Å²) < 4.78 is 57.0. The third-order valence-corrected chi connectivity index (χ3v) is 14.6. The second kappa shape index (κ2) is 20.3. The zero-order valence-corrected chi connectivity index (χ0v) is 36.8. The van der Waals surface area contributed by atoms with Gasteiger partial charge in [-0.1, -0.05) is 23.2 Å². The predicted octanol–water partition coefficient (Wildman–Crippen LogP) is 7.45. The first-order valence-electron chi connectivity index (χ1n) is 20.3. The standard InChI is InChI=1S/C21H27ClN4O2S.C14H21ClN4.C7H7FO2S/c1-29(27,28)19-4-2-18(3-5-19)23-9-6-16-12-20(16)15-7-10-26(11-8-15)21-24-13-17(22)14-25-21;15-12-8-17-14(18-9-12)19-5-2-10(3-6-19)13-7-11(13)1-4-16;1-11(9,10)7-4-2-6(8)3-5-7/h2-5,13-16,20,23H,6-12H2,1H3;8-11,13H,1-7,16H2;2-5H,1H3. The largest absolute Gasteiger partial charge is 0.385 e. The number of hydrogen-bond acceptors (Lipinski definition) is 12. The monoisotopic (exact) mass is 888 g/mol. The third-order valence-electron chi connectivity index (χ3n) is 11.9. The van der Waals surface area contributed by atoms with Crippen molar-refractivity contribution >= 4 is 60.5 Å². The summed E-state index contributed by atoms with van der Waals surface area (Å²) in [6, 6.07) is 11.7. The summed E-state index contributed by atoms with van der Waals surface area (Å²) in [7, 11) is -6.32. The fourth-order valence-electron chi connectivity index (χ4n) is 8.47. The topological polar surface area (TPSA) is 164 Å². The maximum absolute atomic E-state index is 12.3. The summed E-state index contributed by atoms with van der Waals surface area (Å²) in [5.74, 6) is 6.36. The molecule has 2 aliphatic carbocycles. The van der Waals surface area contributed by atoms with Gasteiger partial charge in [0.2, 0.25) is 11.9 Å². The average Bonchev–Trinajstić information content (AvgIpc) is 4.16. The number of hydrogen-bond donors (Lipinski definition) is 2. The molecule has 4 aromatic rings. The van der Waals surface area contributed by atoms with E-state index >= 15 is 0 Å². The number of sulfone groups is 2. The highest BCUT2D eigenvalue weighted by Crippen LogP contribution is 2.50. The average molecular weight is 890 g/mol. The van der Waals surface area contributed by atoms with E-state index < -0.39 is 25.5 Å². The van der Waals surface area contributed by atoms with Gasteiger partial charge in [-0.25, -0.2) is 41.2 Å². The van der Waals surface area contributed by atoms with Crippen molar-refractivity contribution in [1.29, 1.82) is 0 Å². The van der Waals surface area contributed by atoms with Gasteiger partial charge in [0, 0.05) is 50.9 Å². The smallest absolute Gasteiger partial charge is 0.225 e. The lowest BCUT2D eigenvalue weighted by Crippen LogP contribution is -2.35. The van der Waals surface area contributed by atoms with Crippen LogP contribution in [0.1, 0.15) is 51.4 Å². The van der Waals surface area contributed by atoms with E-state index in [4.69, 9.17) is 28.9 Å². The van der Waals surface area contributed by atoms with Crippen molar-refractivity contribution in [1.82, 2.24) is 19.9 Å². The molecule has 12 nitrogen and oxygen atoms in total. The lowest BCUT2D eigenvalue weighted by Gasteiger charge is -2.32. The Balaban J connectivity index is 0.000000166. The number of aromatic nitrogens is 4. The molecule has 4 atom stereocenters. The molecule has 4 unspecified atom stereocenters. The van der Waals surface area contributed by atoms with Crippen molar-refractivity contribution in [3.63, 3.8) is 0 Å². The van der Waals surface area contributed by atoms with Gasteiger partial charge in [-0.3, -0.25) is 0 Å². The van der Waals surface area contributed by atoms with Crippen LogP contribution in [-0.4, -0.2) is 88.6 Å². The molecule has 17 heteroatoms. The zero-order valence-electron chi connectivity index (χ0n) is 33.6. The fraction of sp³-hybridized carbons (Fsp3) is 0.524. The van der Waals surface area contributed by atoms with Gasteiger partial charge in [0.15, 0.2) is 19.7 Å². The first kappa shape index (κ1) is 44.9. The first-order valence-corrected chi connectivity index (χ1v) is 24.9. The molecule has 2 saturated carbocycles. The molecule has 0 amide bonds. The van der Waals surface area contributed by atoms with E-state index in [0.717, 1.165) is 111 Å². The summed E-state index contributed by atoms with van der Waals surface area (Å²) in [4.78, 5) is 22.3. The highest BCUT2D eigenvalue weighted by atomic mass is 35.5. The Morgan fingerprint density at radius 3 is 1.44 bits per heavy atom. The van der Waals surface area contributed by atoms with Gasteiger partial charge in [0.25, 0.3) is 0 Å². The van der Waals surface area contributed by atoms with Gasteiger partial charge in [-0.2, -0.15) is 0 Å². The first-order chi connectivity index (χ1) is 28.2. The minimum Gasteiger partial charge on any atom is -0.385 e. The molecule has 2 aliphatic heterocycles. The molecule has 4 aliphatic rings. The Morgan fingerprint density at radius 2 is 1.05 bits per heavy atom. The number of nitrogens with two attached hydrogens (primary N) is 1. The van der Waals surface area contributed by atoms with Gasteiger partial charge in [-0.15, -0.1) is 0 Å². The Morgan fingerprint density at radius 1 is 0.661 bits per heavy atom. The van der Waals surface area contributed by atoms with E-state index in [-0.39, 0.29) is 4.90 Å². The summed E-state index contributed by atoms with van der Waals surface area (Å²) in [6.45, 7) is 5.94. The van der Waals surface area contributed by atoms with E-state index in [0.29, 0.717) is 14.9 Å². The number of halogens is 3. The van der Waals surface area contributed by atoms with Crippen LogP contribution in [0.2, 0.25) is 10.0 Å². The van der Waals surface area contributed by atoms with Gasteiger partial charge in [-0.05, 0) is 142 Å². The van der Waals surface area contributed by atoms with E-state index in [1.165, 1.54) is 69.8 Å². The minimum atomic E-state index is -3.19. The summed E-state index contributed by atoms with van der Waals surface area (Å²) in [5.41, 5.74) is 6.61. The Kier molecular flexibility index (Phi) is 15.4. The van der Waals surface area contributed by atoms with Crippen LogP contribution in [0.25, 0.3) is 0 Å². The van der Waals surface area contributed by atoms with Crippen LogP contribution in [0.15, 0.2) is 83.1 Å². The molecule has 2 aromatic heterocycles. The molecule has 2 aromatic carbocycles. The number of benzene rings is 2. The highest BCUT2D eigenvalue weighted by Gasteiger charge is 2.44. The Hall–Kier alpha value is -3.63. The molecule has 59 heavy (non-hydrogen) atoms. The predicted molar refractivity (Wildman–Crippen MR) is 233 cm³/mol. The number of piperidine rings is 2. The second-order valence-corrected chi connectivity index (χ2v) is 21.1. The van der Waals surface area contributed by atoms with Gasteiger partial charge in [0.05, 0.1) is 44.6 Å². The highest BCUT2D eigenvalue weighted by molar-refractivity contribution is 7.91. The Labute approximate surface area is 358 Å². The van der Waals surface area contributed by atoms with Crippen LogP contribution in [0.3, 0.4) is 0 Å². The minimum absolute atomic E-state index is 0.138.